The van der Waals surface area contributed by atoms with Gasteiger partial charge in [0.05, 0.1) is 13.7 Å². The van der Waals surface area contributed by atoms with E-state index in [2.05, 4.69) is 15.6 Å². The molecule has 1 aromatic heterocycles. The van der Waals surface area contributed by atoms with Gasteiger partial charge < -0.3 is 15.2 Å². The quantitative estimate of drug-likeness (QED) is 0.523. The van der Waals surface area contributed by atoms with E-state index in [1.807, 2.05) is 0 Å². The molecule has 8 heteroatoms. The van der Waals surface area contributed by atoms with Gasteiger partial charge in [0.1, 0.15) is 0 Å². The van der Waals surface area contributed by atoms with Crippen LogP contribution < -0.4 is 10.6 Å². The molecule has 0 amide bonds. The van der Waals surface area contributed by atoms with Crippen molar-refractivity contribution in [2.24, 2.45) is 0 Å². The largest absolute Gasteiger partial charge is 0.354 e. The number of nitrogens with zero attached hydrogens (tertiary/aromatic N) is 2. The Morgan fingerprint density at radius 1 is 1.15 bits per heavy atom. The molecule has 1 heterocycles. The van der Waals surface area contributed by atoms with Crippen LogP contribution in [0.15, 0.2) is 61.2 Å². The van der Waals surface area contributed by atoms with Crippen LogP contribution in [-0.2, 0) is 6.54 Å². The van der Waals surface area contributed by atoms with Crippen LogP contribution in [0.25, 0.3) is 0 Å². The Hall–Kier alpha value is -1.79. The first-order valence-corrected chi connectivity index (χ1v) is 9.16. The number of thiocarbonyl (C=S) groups is 1. The van der Waals surface area contributed by atoms with Crippen molar-refractivity contribution in [2.45, 2.75) is 12.6 Å². The molecule has 3 rings (SSSR count). The number of hydrogen-bond donors (Lipinski definition) is 2. The van der Waals surface area contributed by atoms with Crippen LogP contribution in [0.4, 0.5) is 5.69 Å². The third-order valence-corrected chi connectivity index (χ3v) is 4.53. The van der Waals surface area contributed by atoms with Crippen molar-refractivity contribution in [2.75, 3.05) is 5.32 Å². The third kappa shape index (κ3) is 5.11. The summed E-state index contributed by atoms with van der Waals surface area (Å²) in [5.74, 6) is 0. The van der Waals surface area contributed by atoms with E-state index in [1.165, 1.54) is 0 Å². The fraction of sp³-hybridized carbons (Fsp3) is 0.111. The number of rotatable bonds is 5. The highest BCUT2D eigenvalue weighted by Crippen LogP contribution is 2.27. The number of benzene rings is 2. The van der Waals surface area contributed by atoms with Crippen LogP contribution in [0, 0.1) is 0 Å². The molecule has 134 valence electrons. The summed E-state index contributed by atoms with van der Waals surface area (Å²) >= 11 is 23.7. The first kappa shape index (κ1) is 17.6. The van der Waals surface area contributed by atoms with E-state index in [-0.39, 0.29) is 11.7 Å². The Bertz CT molecular complexity index is 934. The lowest BCUT2D eigenvalue weighted by molar-refractivity contribution is 0.534. The van der Waals surface area contributed by atoms with Gasteiger partial charge in [-0.2, -0.15) is 0 Å². The molecule has 0 bridgehead atoms. The van der Waals surface area contributed by atoms with Gasteiger partial charge in [0.2, 0.25) is 0 Å². The van der Waals surface area contributed by atoms with Gasteiger partial charge in [0.15, 0.2) is 5.11 Å². The van der Waals surface area contributed by atoms with E-state index in [0.29, 0.717) is 20.6 Å². The van der Waals surface area contributed by atoms with Crippen LogP contribution in [-0.4, -0.2) is 14.7 Å². The van der Waals surface area contributed by atoms with Crippen LogP contribution in [0.5, 0.6) is 0 Å². The van der Waals surface area contributed by atoms with Gasteiger partial charge in [0.25, 0.3) is 0 Å². The van der Waals surface area contributed by atoms with Gasteiger partial charge in [-0.3, -0.25) is 0 Å². The van der Waals surface area contributed by atoms with E-state index in [9.17, 15) is 0 Å². The minimum Gasteiger partial charge on any atom is -0.354 e. The Balaban J connectivity index is 1.87. The van der Waals surface area contributed by atoms with E-state index in [4.69, 9.17) is 48.4 Å². The molecule has 0 aliphatic carbocycles. The maximum absolute atomic E-state index is 9.04. The molecular weight excluding hydrogens is 411 g/mol. The van der Waals surface area contributed by atoms with E-state index >= 15 is 0 Å². The van der Waals surface area contributed by atoms with E-state index < -0.39 is 6.02 Å². The monoisotopic (exact) mass is 425 g/mol. The summed E-state index contributed by atoms with van der Waals surface area (Å²) in [6, 6.07) is 10.8. The Labute approximate surface area is 173 Å². The van der Waals surface area contributed by atoms with Gasteiger partial charge in [0, 0.05) is 39.7 Å². The minimum atomic E-state index is -1.35. The summed E-state index contributed by atoms with van der Waals surface area (Å²) in [5.41, 5.74) is 1.30. The zero-order chi connectivity index (χ0) is 19.4. The van der Waals surface area contributed by atoms with E-state index in [1.54, 1.807) is 65.8 Å². The predicted octanol–water partition coefficient (Wildman–Crippen LogP) is 5.57. The third-order valence-electron chi connectivity index (χ3n) is 3.52. The van der Waals surface area contributed by atoms with Crippen molar-refractivity contribution in [1.29, 1.82) is 0 Å². The second kappa shape index (κ2) is 8.73. The fourth-order valence-corrected chi connectivity index (χ4v) is 3.21. The van der Waals surface area contributed by atoms with Gasteiger partial charge >= 0.3 is 0 Å². The number of imidazole rings is 1. The van der Waals surface area contributed by atoms with Gasteiger partial charge in [-0.05, 0) is 54.2 Å². The maximum atomic E-state index is 9.04. The number of anilines is 1. The first-order chi connectivity index (χ1) is 12.9. The summed E-state index contributed by atoms with van der Waals surface area (Å²) in [5, 5.41) is 7.88. The molecule has 0 radical (unpaired) electrons. The van der Waals surface area contributed by atoms with Crippen LogP contribution in [0.1, 0.15) is 13.0 Å². The molecule has 0 spiro atoms. The molecule has 0 saturated heterocycles. The van der Waals surface area contributed by atoms with Gasteiger partial charge in [-0.15, -0.1) is 0 Å². The second-order valence-corrected chi connectivity index (χ2v) is 7.11. The number of nitrogens with one attached hydrogen (secondary N) is 2. The molecule has 3 aromatic rings. The average Bonchev–Trinajstić information content (AvgIpc) is 3.09. The standard InChI is InChI=1S/C18H15Cl3N4S/c19-12-1-4-14(5-2-12)23-18(26)24-17(10-25-8-7-22-11-25)15-6-3-13(20)9-16(15)21/h1-9,11,17H,10H2,(H2,23,24,26)/i17D. The zero-order valence-electron chi connectivity index (χ0n) is 14.4. The molecule has 1 atom stereocenters. The summed E-state index contributed by atoms with van der Waals surface area (Å²) in [6.07, 6.45) is 5.04. The maximum Gasteiger partial charge on any atom is 0.171 e. The molecule has 0 aliphatic rings. The summed E-state index contributed by atoms with van der Waals surface area (Å²) in [7, 11) is 0. The van der Waals surface area contributed by atoms with Crippen molar-refractivity contribution in [3.8, 4) is 0 Å². The molecule has 0 aliphatic heterocycles. The highest BCUT2D eigenvalue weighted by molar-refractivity contribution is 7.80. The van der Waals surface area contributed by atoms with Gasteiger partial charge in [-0.25, -0.2) is 4.98 Å². The van der Waals surface area contributed by atoms with Crippen LogP contribution >= 0.6 is 47.0 Å². The smallest absolute Gasteiger partial charge is 0.171 e. The summed E-state index contributed by atoms with van der Waals surface area (Å²) < 4.78 is 10.8. The number of halogens is 3. The Morgan fingerprint density at radius 2 is 1.88 bits per heavy atom. The van der Waals surface area contributed by atoms with E-state index in [0.717, 1.165) is 5.69 Å². The molecule has 26 heavy (non-hydrogen) atoms. The minimum absolute atomic E-state index is 0.233. The average molecular weight is 427 g/mol. The first-order valence-electron chi connectivity index (χ1n) is 8.12. The molecule has 1 unspecified atom stereocenters. The number of hydrogen-bond acceptors (Lipinski definition) is 2. The summed E-state index contributed by atoms with van der Waals surface area (Å²) in [6.45, 7) is 0.233. The second-order valence-electron chi connectivity index (χ2n) is 5.42. The van der Waals surface area contributed by atoms with Crippen molar-refractivity contribution in [3.05, 3.63) is 81.8 Å². The highest BCUT2D eigenvalue weighted by Gasteiger charge is 2.17. The molecule has 2 N–H and O–H groups in total. The Kier molecular flexibility index (Phi) is 5.92. The van der Waals surface area contributed by atoms with Gasteiger partial charge in [-0.1, -0.05) is 40.9 Å². The SMILES string of the molecule is [2H]C(Cn1ccnc1)(NC(=S)Nc1ccc(Cl)cc1)c1ccc(Cl)cc1Cl. The van der Waals surface area contributed by atoms with Crippen LogP contribution in [0.2, 0.25) is 15.1 Å². The normalized spacial score (nSPS) is 13.6. The Morgan fingerprint density at radius 3 is 2.54 bits per heavy atom. The lowest BCUT2D eigenvalue weighted by atomic mass is 10.1. The fourth-order valence-electron chi connectivity index (χ4n) is 2.32. The van der Waals surface area contributed by atoms with Crippen molar-refractivity contribution in [3.63, 3.8) is 0 Å². The topological polar surface area (TPSA) is 41.9 Å². The molecule has 0 fully saturated rings. The zero-order valence-corrected chi connectivity index (χ0v) is 16.5. The molecular formula is C18H15Cl3N4S. The summed E-state index contributed by atoms with van der Waals surface area (Å²) in [4.78, 5) is 4.03. The predicted molar refractivity (Wildman–Crippen MR) is 112 cm³/mol. The highest BCUT2D eigenvalue weighted by atomic mass is 35.5. The lowest BCUT2D eigenvalue weighted by Crippen LogP contribution is -2.34. The lowest BCUT2D eigenvalue weighted by Gasteiger charge is -2.23. The molecule has 2 aromatic carbocycles. The molecule has 0 saturated carbocycles. The van der Waals surface area contributed by atoms with Crippen molar-refractivity contribution < 1.29 is 1.37 Å². The number of aromatic nitrogens is 2. The van der Waals surface area contributed by atoms with Crippen LogP contribution in [0.3, 0.4) is 0 Å². The van der Waals surface area contributed by atoms with Crippen molar-refractivity contribution in [1.82, 2.24) is 14.9 Å². The molecule has 4 nitrogen and oxygen atoms in total. The van der Waals surface area contributed by atoms with Crippen molar-refractivity contribution >= 4 is 57.8 Å².